The quantitative estimate of drug-likeness (QED) is 0.814. The van der Waals surface area contributed by atoms with Crippen molar-refractivity contribution < 1.29 is 4.79 Å². The molecule has 2 aromatic rings. The number of anilines is 1. The highest BCUT2D eigenvalue weighted by Gasteiger charge is 2.07. The van der Waals surface area contributed by atoms with Crippen LogP contribution >= 0.6 is 11.6 Å². The molecule has 0 atom stereocenters. The molecule has 1 aromatic heterocycles. The zero-order valence-corrected chi connectivity index (χ0v) is 14.1. The van der Waals surface area contributed by atoms with Crippen LogP contribution < -0.4 is 10.6 Å². The highest BCUT2D eigenvalue weighted by atomic mass is 35.5. The van der Waals surface area contributed by atoms with Crippen molar-refractivity contribution in [3.8, 4) is 0 Å². The number of rotatable bonds is 7. The SMILES string of the molecule is CC(C)CCNC(=O)c1cnc(NCc2ccc(Cl)cc2)nc1. The summed E-state index contributed by atoms with van der Waals surface area (Å²) in [6.45, 7) is 5.50. The molecule has 6 heteroatoms. The van der Waals surface area contributed by atoms with Gasteiger partial charge in [0.15, 0.2) is 0 Å². The van der Waals surface area contributed by atoms with E-state index in [2.05, 4.69) is 34.4 Å². The van der Waals surface area contributed by atoms with Gasteiger partial charge in [-0.05, 0) is 30.0 Å². The molecule has 0 radical (unpaired) electrons. The highest BCUT2D eigenvalue weighted by Crippen LogP contribution is 2.10. The number of halogens is 1. The molecule has 1 amide bonds. The molecule has 5 nitrogen and oxygen atoms in total. The second kappa shape index (κ2) is 8.48. The summed E-state index contributed by atoms with van der Waals surface area (Å²) in [5.74, 6) is 0.902. The van der Waals surface area contributed by atoms with Crippen molar-refractivity contribution in [1.29, 1.82) is 0 Å². The summed E-state index contributed by atoms with van der Waals surface area (Å²) >= 11 is 5.85. The summed E-state index contributed by atoms with van der Waals surface area (Å²) in [5.41, 5.74) is 1.54. The van der Waals surface area contributed by atoms with Crippen LogP contribution in [0.3, 0.4) is 0 Å². The first kappa shape index (κ1) is 17.2. The highest BCUT2D eigenvalue weighted by molar-refractivity contribution is 6.30. The van der Waals surface area contributed by atoms with Crippen LogP contribution in [0.25, 0.3) is 0 Å². The van der Waals surface area contributed by atoms with Crippen LogP contribution in [0.15, 0.2) is 36.7 Å². The standard InChI is InChI=1S/C17H21ClN4O/c1-12(2)7-8-19-16(23)14-10-21-17(22-11-14)20-9-13-3-5-15(18)6-4-13/h3-6,10-12H,7-9H2,1-2H3,(H,19,23)(H,20,21,22). The first-order chi connectivity index (χ1) is 11.0. The topological polar surface area (TPSA) is 66.9 Å². The number of hydrogen-bond donors (Lipinski definition) is 2. The first-order valence-electron chi connectivity index (χ1n) is 7.63. The Balaban J connectivity index is 1.84. The van der Waals surface area contributed by atoms with Crippen molar-refractivity contribution in [2.24, 2.45) is 5.92 Å². The van der Waals surface area contributed by atoms with Crippen LogP contribution in [-0.2, 0) is 6.54 Å². The van der Waals surface area contributed by atoms with Crippen molar-refractivity contribution >= 4 is 23.5 Å². The van der Waals surface area contributed by atoms with Crippen molar-refractivity contribution in [3.05, 3.63) is 52.8 Å². The van der Waals surface area contributed by atoms with E-state index in [0.717, 1.165) is 12.0 Å². The van der Waals surface area contributed by atoms with E-state index in [4.69, 9.17) is 11.6 Å². The third-order valence-corrected chi connectivity index (χ3v) is 3.54. The van der Waals surface area contributed by atoms with Crippen molar-refractivity contribution in [1.82, 2.24) is 15.3 Å². The van der Waals surface area contributed by atoms with E-state index in [1.807, 2.05) is 24.3 Å². The monoisotopic (exact) mass is 332 g/mol. The lowest BCUT2D eigenvalue weighted by Crippen LogP contribution is -2.25. The summed E-state index contributed by atoms with van der Waals surface area (Å²) in [5, 5.41) is 6.67. The number of nitrogens with zero attached hydrogens (tertiary/aromatic N) is 2. The molecule has 0 saturated carbocycles. The Morgan fingerprint density at radius 3 is 2.43 bits per heavy atom. The molecule has 122 valence electrons. The van der Waals surface area contributed by atoms with Crippen LogP contribution in [0.1, 0.15) is 36.2 Å². The number of amides is 1. The summed E-state index contributed by atoms with van der Waals surface area (Å²) in [6.07, 6.45) is 4.01. The number of aromatic nitrogens is 2. The molecule has 23 heavy (non-hydrogen) atoms. The summed E-state index contributed by atoms with van der Waals surface area (Å²) in [6, 6.07) is 7.55. The Labute approximate surface area is 141 Å². The van der Waals surface area contributed by atoms with E-state index in [9.17, 15) is 4.79 Å². The van der Waals surface area contributed by atoms with Crippen molar-refractivity contribution in [2.75, 3.05) is 11.9 Å². The molecule has 0 aliphatic carbocycles. The maximum Gasteiger partial charge on any atom is 0.254 e. The summed E-state index contributed by atoms with van der Waals surface area (Å²) < 4.78 is 0. The Morgan fingerprint density at radius 1 is 1.17 bits per heavy atom. The number of nitrogens with one attached hydrogen (secondary N) is 2. The van der Waals surface area contributed by atoms with Gasteiger partial charge in [-0.1, -0.05) is 37.6 Å². The number of carbonyl (C=O) groups excluding carboxylic acids is 1. The largest absolute Gasteiger partial charge is 0.352 e. The Bertz CT molecular complexity index is 626. The zero-order chi connectivity index (χ0) is 16.7. The fourth-order valence-electron chi connectivity index (χ4n) is 1.90. The van der Waals surface area contributed by atoms with Gasteiger partial charge in [0.25, 0.3) is 5.91 Å². The zero-order valence-electron chi connectivity index (χ0n) is 13.3. The predicted molar refractivity (Wildman–Crippen MR) is 92.6 cm³/mol. The van der Waals surface area contributed by atoms with Gasteiger partial charge < -0.3 is 10.6 Å². The molecule has 0 aliphatic rings. The van der Waals surface area contributed by atoms with Gasteiger partial charge in [0.2, 0.25) is 5.95 Å². The van der Waals surface area contributed by atoms with Gasteiger partial charge in [-0.2, -0.15) is 0 Å². The van der Waals surface area contributed by atoms with Gasteiger partial charge in [-0.15, -0.1) is 0 Å². The van der Waals surface area contributed by atoms with Crippen LogP contribution in [0.4, 0.5) is 5.95 Å². The number of carbonyl (C=O) groups is 1. The van der Waals surface area contributed by atoms with E-state index in [0.29, 0.717) is 35.5 Å². The first-order valence-corrected chi connectivity index (χ1v) is 8.01. The molecular weight excluding hydrogens is 312 g/mol. The van der Waals surface area contributed by atoms with Crippen LogP contribution in [0.2, 0.25) is 5.02 Å². The Kier molecular flexibility index (Phi) is 6.35. The van der Waals surface area contributed by atoms with Crippen LogP contribution in [-0.4, -0.2) is 22.4 Å². The molecule has 0 spiro atoms. The van der Waals surface area contributed by atoms with Crippen LogP contribution in [0, 0.1) is 5.92 Å². The lowest BCUT2D eigenvalue weighted by molar-refractivity contribution is 0.0951. The Hall–Kier alpha value is -2.14. The fraction of sp³-hybridized carbons (Fsp3) is 0.353. The minimum absolute atomic E-state index is 0.144. The maximum absolute atomic E-state index is 11.9. The molecular formula is C17H21ClN4O. The maximum atomic E-state index is 11.9. The number of hydrogen-bond acceptors (Lipinski definition) is 4. The molecule has 0 bridgehead atoms. The van der Waals surface area contributed by atoms with Crippen LogP contribution in [0.5, 0.6) is 0 Å². The van der Waals surface area contributed by atoms with Crippen molar-refractivity contribution in [3.63, 3.8) is 0 Å². The molecule has 1 heterocycles. The smallest absolute Gasteiger partial charge is 0.254 e. The average Bonchev–Trinajstić information content (AvgIpc) is 2.54. The lowest BCUT2D eigenvalue weighted by Gasteiger charge is -2.08. The molecule has 1 aromatic carbocycles. The van der Waals surface area contributed by atoms with E-state index in [1.165, 1.54) is 12.4 Å². The van der Waals surface area contributed by atoms with Gasteiger partial charge in [-0.3, -0.25) is 4.79 Å². The molecule has 2 rings (SSSR count). The fourth-order valence-corrected chi connectivity index (χ4v) is 2.02. The summed E-state index contributed by atoms with van der Waals surface area (Å²) in [4.78, 5) is 20.3. The second-order valence-electron chi connectivity index (χ2n) is 5.71. The van der Waals surface area contributed by atoms with Gasteiger partial charge in [0.1, 0.15) is 0 Å². The third-order valence-electron chi connectivity index (χ3n) is 3.29. The van der Waals surface area contributed by atoms with Gasteiger partial charge >= 0.3 is 0 Å². The lowest BCUT2D eigenvalue weighted by atomic mass is 10.1. The summed E-state index contributed by atoms with van der Waals surface area (Å²) in [7, 11) is 0. The molecule has 0 saturated heterocycles. The normalized spacial score (nSPS) is 10.6. The molecule has 0 unspecified atom stereocenters. The van der Waals surface area contributed by atoms with Gasteiger partial charge in [0, 0.05) is 30.5 Å². The van der Waals surface area contributed by atoms with E-state index in [1.54, 1.807) is 0 Å². The van der Waals surface area contributed by atoms with E-state index in [-0.39, 0.29) is 5.91 Å². The molecule has 2 N–H and O–H groups in total. The second-order valence-corrected chi connectivity index (χ2v) is 6.15. The minimum Gasteiger partial charge on any atom is -0.352 e. The van der Waals surface area contributed by atoms with Gasteiger partial charge in [0.05, 0.1) is 5.56 Å². The number of benzene rings is 1. The predicted octanol–water partition coefficient (Wildman–Crippen LogP) is 3.52. The molecule has 0 aliphatic heterocycles. The van der Waals surface area contributed by atoms with Gasteiger partial charge in [-0.25, -0.2) is 9.97 Å². The van der Waals surface area contributed by atoms with Crippen molar-refractivity contribution in [2.45, 2.75) is 26.8 Å². The van der Waals surface area contributed by atoms with E-state index < -0.39 is 0 Å². The van der Waals surface area contributed by atoms with E-state index >= 15 is 0 Å². The third kappa shape index (κ3) is 5.87. The Morgan fingerprint density at radius 2 is 1.83 bits per heavy atom. The molecule has 0 fully saturated rings. The average molecular weight is 333 g/mol. The minimum atomic E-state index is -0.144.